The number of rotatable bonds is 9. The van der Waals surface area contributed by atoms with Crippen molar-refractivity contribution in [1.82, 2.24) is 14.5 Å². The Bertz CT molecular complexity index is 899. The fourth-order valence-electron chi connectivity index (χ4n) is 3.75. The van der Waals surface area contributed by atoms with E-state index in [9.17, 15) is 9.59 Å². The Morgan fingerprint density at radius 2 is 2.06 bits per heavy atom. The van der Waals surface area contributed by atoms with Gasteiger partial charge in [0.1, 0.15) is 23.8 Å². The predicted molar refractivity (Wildman–Crippen MR) is 117 cm³/mol. The highest BCUT2D eigenvalue weighted by atomic mass is 35.5. The normalized spacial score (nSPS) is 18.9. The average molecular weight is 449 g/mol. The van der Waals surface area contributed by atoms with Gasteiger partial charge in [0.25, 0.3) is 0 Å². The zero-order chi connectivity index (χ0) is 22.4. The summed E-state index contributed by atoms with van der Waals surface area (Å²) in [6, 6.07) is 6.92. The molecule has 1 aliphatic rings. The highest BCUT2D eigenvalue weighted by Crippen LogP contribution is 2.25. The first-order valence-corrected chi connectivity index (χ1v) is 10.8. The van der Waals surface area contributed by atoms with Crippen molar-refractivity contribution in [2.75, 3.05) is 26.3 Å². The maximum atomic E-state index is 12.9. The summed E-state index contributed by atoms with van der Waals surface area (Å²) >= 11 is 5.91. The second-order valence-electron chi connectivity index (χ2n) is 8.12. The molecule has 1 fully saturated rings. The van der Waals surface area contributed by atoms with E-state index in [1.807, 2.05) is 10.8 Å². The van der Waals surface area contributed by atoms with Crippen molar-refractivity contribution in [3.8, 4) is 5.75 Å². The van der Waals surface area contributed by atoms with E-state index in [1.165, 1.54) is 0 Å². The van der Waals surface area contributed by atoms with Crippen molar-refractivity contribution in [3.05, 3.63) is 47.5 Å². The van der Waals surface area contributed by atoms with Crippen molar-refractivity contribution < 1.29 is 19.1 Å². The van der Waals surface area contributed by atoms with Crippen LogP contribution in [0, 0.1) is 0 Å². The molecular weight excluding hydrogens is 420 g/mol. The minimum absolute atomic E-state index is 0.00737. The van der Waals surface area contributed by atoms with E-state index in [2.05, 4.69) is 18.8 Å². The van der Waals surface area contributed by atoms with Gasteiger partial charge in [0.2, 0.25) is 11.8 Å². The van der Waals surface area contributed by atoms with Gasteiger partial charge in [-0.25, -0.2) is 4.98 Å². The first kappa shape index (κ1) is 23.1. The van der Waals surface area contributed by atoms with Gasteiger partial charge in [-0.1, -0.05) is 25.4 Å². The molecule has 1 aromatic carbocycles. The summed E-state index contributed by atoms with van der Waals surface area (Å²) in [5, 5.41) is 0.600. The number of hydrogen-bond donors (Lipinski definition) is 1. The second-order valence-corrected chi connectivity index (χ2v) is 8.55. The van der Waals surface area contributed by atoms with E-state index in [0.717, 1.165) is 5.82 Å². The molecule has 168 valence electrons. The van der Waals surface area contributed by atoms with Crippen LogP contribution in [-0.2, 0) is 20.9 Å². The molecule has 31 heavy (non-hydrogen) atoms. The minimum atomic E-state index is -0.989. The Morgan fingerprint density at radius 1 is 1.32 bits per heavy atom. The summed E-state index contributed by atoms with van der Waals surface area (Å²) in [6.07, 6.45) is 3.93. The van der Waals surface area contributed by atoms with Gasteiger partial charge in [0.05, 0.1) is 19.6 Å². The van der Waals surface area contributed by atoms with Crippen molar-refractivity contribution in [2.24, 2.45) is 5.73 Å². The molecule has 2 N–H and O–H groups in total. The fourth-order valence-corrected chi connectivity index (χ4v) is 3.88. The largest absolute Gasteiger partial charge is 0.490 e. The molecule has 2 amide bonds. The van der Waals surface area contributed by atoms with Crippen molar-refractivity contribution in [3.63, 3.8) is 0 Å². The van der Waals surface area contributed by atoms with Crippen LogP contribution >= 0.6 is 11.6 Å². The topological polar surface area (TPSA) is 99.7 Å². The fraction of sp³-hybridized carbons (Fsp3) is 0.500. The predicted octanol–water partition coefficient (Wildman–Crippen LogP) is 2.60. The number of carbonyl (C=O) groups excluding carboxylic acids is 2. The molecule has 0 aliphatic carbocycles. The molecule has 1 aliphatic heterocycles. The van der Waals surface area contributed by atoms with E-state index in [4.69, 9.17) is 26.8 Å². The second kappa shape index (κ2) is 10.2. The van der Waals surface area contributed by atoms with Gasteiger partial charge in [0.15, 0.2) is 0 Å². The molecule has 3 rings (SSSR count). The van der Waals surface area contributed by atoms with E-state index in [1.54, 1.807) is 35.4 Å². The van der Waals surface area contributed by atoms with Crippen LogP contribution in [0.15, 0.2) is 36.7 Å². The Balaban J connectivity index is 1.64. The molecule has 0 unspecified atom stereocenters. The molecule has 0 spiro atoms. The number of imidazole rings is 1. The summed E-state index contributed by atoms with van der Waals surface area (Å²) in [7, 11) is 0. The number of halogens is 1. The third-order valence-electron chi connectivity index (χ3n) is 5.24. The van der Waals surface area contributed by atoms with Gasteiger partial charge in [-0.3, -0.25) is 9.59 Å². The summed E-state index contributed by atoms with van der Waals surface area (Å²) in [5.74, 6) is 1.32. The lowest BCUT2D eigenvalue weighted by molar-refractivity contribution is -0.161. The molecule has 1 saturated heterocycles. The van der Waals surface area contributed by atoms with Gasteiger partial charge in [-0.15, -0.1) is 0 Å². The zero-order valence-electron chi connectivity index (χ0n) is 17.9. The van der Waals surface area contributed by atoms with Gasteiger partial charge in [0, 0.05) is 42.8 Å². The Morgan fingerprint density at radius 3 is 2.74 bits per heavy atom. The third kappa shape index (κ3) is 6.21. The molecule has 1 aromatic heterocycles. The van der Waals surface area contributed by atoms with Crippen molar-refractivity contribution >= 4 is 23.4 Å². The lowest BCUT2D eigenvalue weighted by atomic mass is 9.97. The molecule has 2 aromatic rings. The van der Waals surface area contributed by atoms with Gasteiger partial charge in [-0.2, -0.15) is 0 Å². The number of amides is 2. The monoisotopic (exact) mass is 448 g/mol. The number of aromatic nitrogens is 2. The number of nitrogens with two attached hydrogens (primary N) is 1. The van der Waals surface area contributed by atoms with Crippen LogP contribution < -0.4 is 10.5 Å². The highest BCUT2D eigenvalue weighted by molar-refractivity contribution is 6.30. The van der Waals surface area contributed by atoms with Gasteiger partial charge in [-0.05, 0) is 24.3 Å². The molecular formula is C22H29ClN4O4. The number of benzene rings is 1. The summed E-state index contributed by atoms with van der Waals surface area (Å²) < 4.78 is 13.8. The number of nitrogens with zero attached hydrogens (tertiary/aromatic N) is 3. The number of primary amides is 1. The number of hydrogen-bond acceptors (Lipinski definition) is 5. The maximum Gasteiger partial charge on any atom is 0.224 e. The van der Waals surface area contributed by atoms with E-state index in [0.29, 0.717) is 36.9 Å². The molecule has 1 atom stereocenters. The third-order valence-corrected chi connectivity index (χ3v) is 5.50. The Hall–Kier alpha value is -2.58. The number of aryl methyl sites for hydroxylation is 1. The first-order valence-electron chi connectivity index (χ1n) is 10.4. The van der Waals surface area contributed by atoms with Crippen LogP contribution in [-0.4, -0.2) is 58.2 Å². The number of ether oxygens (including phenoxy) is 2. The van der Waals surface area contributed by atoms with Crippen LogP contribution in [0.3, 0.4) is 0 Å². The number of carbonyl (C=O) groups is 2. The average Bonchev–Trinajstić information content (AvgIpc) is 3.20. The summed E-state index contributed by atoms with van der Waals surface area (Å²) in [4.78, 5) is 30.8. The van der Waals surface area contributed by atoms with Crippen LogP contribution in [0.25, 0.3) is 0 Å². The van der Waals surface area contributed by atoms with Crippen LogP contribution in [0.4, 0.5) is 0 Å². The summed E-state index contributed by atoms with van der Waals surface area (Å²) in [5.41, 5.74) is 4.49. The minimum Gasteiger partial charge on any atom is -0.490 e. The quantitative estimate of drug-likeness (QED) is 0.635. The zero-order valence-corrected chi connectivity index (χ0v) is 18.7. The standard InChI is InChI=1S/C22H29ClN4O4/c1-16(2)21-25-8-10-26(21)9-7-20(29)27-11-12-31-22(14-27,13-19(24)28)15-30-18-5-3-17(23)4-6-18/h3-6,8,10,16H,7,9,11-15H2,1-2H3,(H2,24,28)/t22-/m0/s1. The Labute approximate surface area is 187 Å². The SMILES string of the molecule is CC(C)c1nccn1CCC(=O)N1CCO[C@@](COc2ccc(Cl)cc2)(CC(N)=O)C1. The first-order chi connectivity index (χ1) is 14.8. The lowest BCUT2D eigenvalue weighted by Crippen LogP contribution is -2.58. The molecule has 0 bridgehead atoms. The highest BCUT2D eigenvalue weighted by Gasteiger charge is 2.40. The van der Waals surface area contributed by atoms with Gasteiger partial charge < -0.3 is 24.7 Å². The van der Waals surface area contributed by atoms with Crippen molar-refractivity contribution in [1.29, 1.82) is 0 Å². The molecule has 9 heteroatoms. The van der Waals surface area contributed by atoms with E-state index in [-0.39, 0.29) is 31.4 Å². The number of morpholine rings is 1. The van der Waals surface area contributed by atoms with Crippen LogP contribution in [0.2, 0.25) is 5.02 Å². The van der Waals surface area contributed by atoms with Gasteiger partial charge >= 0.3 is 0 Å². The lowest BCUT2D eigenvalue weighted by Gasteiger charge is -2.42. The molecule has 0 saturated carbocycles. The molecule has 2 heterocycles. The maximum absolute atomic E-state index is 12.9. The molecule has 8 nitrogen and oxygen atoms in total. The molecule has 0 radical (unpaired) electrons. The van der Waals surface area contributed by atoms with Crippen LogP contribution in [0.1, 0.15) is 38.4 Å². The van der Waals surface area contributed by atoms with E-state index >= 15 is 0 Å². The smallest absolute Gasteiger partial charge is 0.224 e. The van der Waals surface area contributed by atoms with Crippen LogP contribution in [0.5, 0.6) is 5.75 Å². The summed E-state index contributed by atoms with van der Waals surface area (Å²) in [6.45, 7) is 5.80. The Kier molecular flexibility index (Phi) is 7.56. The van der Waals surface area contributed by atoms with E-state index < -0.39 is 11.5 Å². The van der Waals surface area contributed by atoms with Crippen molar-refractivity contribution in [2.45, 2.75) is 44.8 Å².